The van der Waals surface area contributed by atoms with Gasteiger partial charge in [0.15, 0.2) is 11.4 Å². The third-order valence-electron chi connectivity index (χ3n) is 26.2. The smallest absolute Gasteiger partial charge is 0.399 e. The van der Waals surface area contributed by atoms with E-state index in [9.17, 15) is 0 Å². The van der Waals surface area contributed by atoms with Crippen LogP contribution in [0.4, 0.5) is 0 Å². The SMILES string of the molecule is Brc1ccc2c(c1)-c1ccccc1C2.CC1(C)OB(c2ccc3c(c2)c2c(n3-c3ccc(-c4ccccc4)cc3)C=[C+]C=C2)OC1(C)C.[C+]1=Cc2c(c3cc(-c4ccc5c(c4)-c4ccccc4C5)ccc3n2-c2ccc(-c3ccccc3)cc2)C=C1.c1ccc(-c2ccc(-n3c4ccccc4c4cc(-c5ccc6c(c5)-c5ccccc5C6)ccc43)cc2)cc1. The number of halogens is 1. The lowest BCUT2D eigenvalue weighted by atomic mass is 9.78. The normalized spacial score (nSPS) is 13.9. The second-order valence-corrected chi connectivity index (χ2v) is 34.9. The predicted molar refractivity (Wildman–Crippen MR) is 523 cm³/mol. The molecule has 0 radical (unpaired) electrons. The van der Waals surface area contributed by atoms with Crippen LogP contribution in [0, 0.1) is 12.2 Å². The average molecular weight is 1660 g/mol. The third kappa shape index (κ3) is 13.7. The summed E-state index contributed by atoms with van der Waals surface area (Å²) < 4.78 is 20.9. The number of benzene rings is 16. The van der Waals surface area contributed by atoms with Crippen molar-refractivity contribution in [3.8, 4) is 106 Å². The van der Waals surface area contributed by atoms with Crippen LogP contribution in [0.1, 0.15) is 83.6 Å². The maximum Gasteiger partial charge on any atom is 0.494 e. The Morgan fingerprint density at radius 1 is 0.274 bits per heavy atom. The van der Waals surface area contributed by atoms with E-state index in [0.717, 1.165) is 51.8 Å². The van der Waals surface area contributed by atoms with Crippen LogP contribution >= 0.6 is 15.9 Å². The van der Waals surface area contributed by atoms with E-state index in [1.165, 1.54) is 183 Å². The van der Waals surface area contributed by atoms with Gasteiger partial charge in [0.05, 0.1) is 56.8 Å². The maximum absolute atomic E-state index is 6.32. The van der Waals surface area contributed by atoms with Crippen molar-refractivity contribution < 1.29 is 9.31 Å². The van der Waals surface area contributed by atoms with Crippen LogP contribution in [0.2, 0.25) is 0 Å². The summed E-state index contributed by atoms with van der Waals surface area (Å²) in [6.07, 6.45) is 22.2. The molecule has 5 aliphatic carbocycles. The second-order valence-electron chi connectivity index (χ2n) is 34.0. The zero-order valence-electron chi connectivity index (χ0n) is 69.4. The number of allylic oxidation sites excluding steroid dienone is 4. The van der Waals surface area contributed by atoms with Gasteiger partial charge in [0.1, 0.15) is 35.4 Å². The van der Waals surface area contributed by atoms with Crippen LogP contribution in [0.25, 0.3) is 174 Å². The number of fused-ring (bicyclic) bond motifs is 18. The van der Waals surface area contributed by atoms with E-state index in [1.54, 1.807) is 0 Å². The lowest BCUT2D eigenvalue weighted by molar-refractivity contribution is 0.00578. The highest BCUT2D eigenvalue weighted by Crippen LogP contribution is 2.46. The van der Waals surface area contributed by atoms with E-state index in [-0.39, 0.29) is 18.3 Å². The highest BCUT2D eigenvalue weighted by molar-refractivity contribution is 9.10. The van der Waals surface area contributed by atoms with Crippen molar-refractivity contribution in [1.82, 2.24) is 13.7 Å². The van der Waals surface area contributed by atoms with Crippen LogP contribution in [-0.4, -0.2) is 32.0 Å². The zero-order chi connectivity index (χ0) is 83.2. The van der Waals surface area contributed by atoms with E-state index < -0.39 is 0 Å². The van der Waals surface area contributed by atoms with Crippen molar-refractivity contribution in [3.05, 3.63) is 455 Å². The Morgan fingerprint density at radius 2 is 0.605 bits per heavy atom. The van der Waals surface area contributed by atoms with Gasteiger partial charge in [0.25, 0.3) is 0 Å². The molecule has 3 aromatic heterocycles. The molecular formula is C117H85BBrN3O2+2. The lowest BCUT2D eigenvalue weighted by Crippen LogP contribution is -2.41. The van der Waals surface area contributed by atoms with Crippen LogP contribution in [0.5, 0.6) is 0 Å². The first-order chi connectivity index (χ1) is 60.8. The predicted octanol–water partition coefficient (Wildman–Crippen LogP) is 29.5. The average Bonchev–Trinajstić information content (AvgIpc) is 1.59. The summed E-state index contributed by atoms with van der Waals surface area (Å²) in [7, 11) is -0.381. The molecule has 0 spiro atoms. The van der Waals surface area contributed by atoms with E-state index in [4.69, 9.17) is 9.31 Å². The first-order valence-electron chi connectivity index (χ1n) is 42.9. The summed E-state index contributed by atoms with van der Waals surface area (Å²) in [5.74, 6) is 0. The molecule has 124 heavy (non-hydrogen) atoms. The van der Waals surface area contributed by atoms with Crippen molar-refractivity contribution in [3.63, 3.8) is 0 Å². The maximum atomic E-state index is 6.32. The Hall–Kier alpha value is -14.4. The molecule has 0 amide bonds. The summed E-state index contributed by atoms with van der Waals surface area (Å²) in [6, 6.07) is 134. The van der Waals surface area contributed by atoms with Gasteiger partial charge in [-0.2, -0.15) is 0 Å². The minimum Gasteiger partial charge on any atom is -0.399 e. The molecule has 0 unspecified atom stereocenters. The number of aromatic nitrogens is 3. The first kappa shape index (κ1) is 75.8. The molecule has 25 rings (SSSR count). The number of rotatable bonds is 9. The molecule has 5 nitrogen and oxygen atoms in total. The molecule has 0 bridgehead atoms. The van der Waals surface area contributed by atoms with Crippen LogP contribution in [-0.2, 0) is 28.6 Å². The van der Waals surface area contributed by atoms with E-state index in [0.29, 0.717) is 0 Å². The van der Waals surface area contributed by atoms with Crippen molar-refractivity contribution in [2.75, 3.05) is 0 Å². The molecule has 6 aliphatic rings. The molecule has 0 saturated carbocycles. The van der Waals surface area contributed by atoms with Crippen molar-refractivity contribution in [2.45, 2.75) is 58.2 Å². The Bertz CT molecular complexity index is 7530. The summed E-state index contributed by atoms with van der Waals surface area (Å²) >= 11 is 3.52. The minimum atomic E-state index is -0.381. The molecule has 19 aromatic rings. The standard InChI is InChI=1S/C37H25N.C37H24N.C30H27BNO2.C13H9Br/c2*1-2-8-25(9-3-1)26-16-19-31(20-17-26)38-36-13-7-6-12-33(36)35-24-28(18-21-37(35)38)27-14-15-30-22-29-10-4-5-11-32(29)34(30)23-27;1-29(2)30(3,4)34-31(33-29)23-16-19-28-26(20-23)25-12-8-9-13-27(25)32(28)24-17-14-22(15-18-24)21-10-6-5-7-11-21;14-11-6-5-10-7-9-3-1-2-4-12(9)13(10)8-11/h1-21,23-24H,22H2;1-6,8-21,23-24H,22H2;5-8,10-20H,1-4H3;1-6,8H,7H2/q;2*+1;. The Balaban J connectivity index is 0.000000102. The first-order valence-corrected chi connectivity index (χ1v) is 43.7. The Morgan fingerprint density at radius 3 is 1.07 bits per heavy atom. The number of para-hydroxylation sites is 1. The van der Waals surface area contributed by atoms with Crippen LogP contribution < -0.4 is 5.46 Å². The highest BCUT2D eigenvalue weighted by atomic mass is 79.9. The van der Waals surface area contributed by atoms with Gasteiger partial charge in [-0.3, -0.25) is 9.13 Å². The van der Waals surface area contributed by atoms with E-state index in [1.807, 2.05) is 18.2 Å². The third-order valence-corrected chi connectivity index (χ3v) is 26.7. The van der Waals surface area contributed by atoms with E-state index in [2.05, 4.69) is 458 Å². The topological polar surface area (TPSA) is 33.2 Å². The van der Waals surface area contributed by atoms with Gasteiger partial charge >= 0.3 is 7.12 Å². The molecular weight excluding hydrogens is 1570 g/mol. The van der Waals surface area contributed by atoms with Crippen molar-refractivity contribution in [1.29, 1.82) is 0 Å². The van der Waals surface area contributed by atoms with Crippen LogP contribution in [0.15, 0.2) is 387 Å². The lowest BCUT2D eigenvalue weighted by Gasteiger charge is -2.32. The fraction of sp³-hybridized carbons (Fsp3) is 0.0769. The molecule has 16 aromatic carbocycles. The number of hydrogen-bond acceptors (Lipinski definition) is 2. The van der Waals surface area contributed by atoms with Crippen molar-refractivity contribution >= 4 is 96.4 Å². The second kappa shape index (κ2) is 31.3. The number of nitrogens with zero attached hydrogens (tertiary/aromatic N) is 3. The molecule has 7 heteroatoms. The summed E-state index contributed by atoms with van der Waals surface area (Å²) in [5, 5.41) is 5.01. The Kier molecular flexibility index (Phi) is 19.1. The fourth-order valence-corrected chi connectivity index (χ4v) is 19.5. The van der Waals surface area contributed by atoms with Gasteiger partial charge in [-0.05, 0) is 278 Å². The highest BCUT2D eigenvalue weighted by Gasteiger charge is 2.52. The molecule has 588 valence electrons. The minimum absolute atomic E-state index is 0.365. The molecule has 1 fully saturated rings. The van der Waals surface area contributed by atoms with Gasteiger partial charge < -0.3 is 13.9 Å². The number of hydrogen-bond donors (Lipinski definition) is 0. The van der Waals surface area contributed by atoms with Gasteiger partial charge in [-0.25, -0.2) is 0 Å². The molecule has 1 saturated heterocycles. The van der Waals surface area contributed by atoms with Gasteiger partial charge in [0, 0.05) is 43.9 Å². The summed E-state index contributed by atoms with van der Waals surface area (Å²) in [6.45, 7) is 8.36. The monoisotopic (exact) mass is 1650 g/mol. The fourth-order valence-electron chi connectivity index (χ4n) is 19.1. The zero-order valence-corrected chi connectivity index (χ0v) is 71.0. The van der Waals surface area contributed by atoms with Crippen LogP contribution in [0.3, 0.4) is 0 Å². The van der Waals surface area contributed by atoms with Gasteiger partial charge in [0.2, 0.25) is 0 Å². The largest absolute Gasteiger partial charge is 0.494 e. The molecule has 1 aliphatic heterocycles. The van der Waals surface area contributed by atoms with Gasteiger partial charge in [-0.15, -0.1) is 0 Å². The summed E-state index contributed by atoms with van der Waals surface area (Å²) in [4.78, 5) is 0. The molecule has 4 heterocycles. The van der Waals surface area contributed by atoms with Gasteiger partial charge in [-0.1, -0.05) is 283 Å². The summed E-state index contributed by atoms with van der Waals surface area (Å²) in [5.41, 5.74) is 42.6. The van der Waals surface area contributed by atoms with Crippen molar-refractivity contribution in [2.24, 2.45) is 0 Å². The molecule has 0 N–H and O–H groups in total. The van der Waals surface area contributed by atoms with E-state index >= 15 is 0 Å². The Labute approximate surface area is 733 Å². The molecule has 0 atom stereocenters. The quantitative estimate of drug-likeness (QED) is 0.107.